The fourth-order valence-corrected chi connectivity index (χ4v) is 2.30. The largest absolute Gasteiger partial charge is 0.462 e. The van der Waals surface area contributed by atoms with Crippen molar-refractivity contribution < 1.29 is 19.5 Å². The number of para-hydroxylation sites is 2. The van der Waals surface area contributed by atoms with Crippen LogP contribution in [-0.2, 0) is 4.74 Å². The van der Waals surface area contributed by atoms with Crippen molar-refractivity contribution in [3.05, 3.63) is 54.1 Å². The third-order valence-corrected chi connectivity index (χ3v) is 3.37. The maximum absolute atomic E-state index is 12.2. The van der Waals surface area contributed by atoms with E-state index in [0.29, 0.717) is 22.6 Å². The number of hydrogen-bond donors (Lipinski definition) is 2. The molecule has 0 radical (unpaired) electrons. The molecule has 3 rings (SSSR count). The summed E-state index contributed by atoms with van der Waals surface area (Å²) in [5, 5.41) is 14.8. The number of esters is 1. The van der Waals surface area contributed by atoms with Gasteiger partial charge in [-0.05, 0) is 43.3 Å². The number of fused-ring (bicyclic) bond motifs is 1. The summed E-state index contributed by atoms with van der Waals surface area (Å²) in [6, 6.07) is 12.6. The molecular formula is C16H15N3O4. The van der Waals surface area contributed by atoms with Crippen LogP contribution in [0.15, 0.2) is 48.5 Å². The van der Waals surface area contributed by atoms with Gasteiger partial charge < -0.3 is 10.1 Å². The first-order chi connectivity index (χ1) is 11.1. The Hall–Kier alpha value is -3.06. The highest BCUT2D eigenvalue weighted by Gasteiger charge is 2.30. The lowest BCUT2D eigenvalue weighted by Crippen LogP contribution is -2.50. The molecule has 0 unspecified atom stereocenters. The summed E-state index contributed by atoms with van der Waals surface area (Å²) in [6.07, 6.45) is 0. The summed E-state index contributed by atoms with van der Waals surface area (Å²) >= 11 is 0. The Morgan fingerprint density at radius 1 is 1.17 bits per heavy atom. The molecule has 0 aromatic heterocycles. The molecule has 1 aliphatic rings. The summed E-state index contributed by atoms with van der Waals surface area (Å²) in [4.78, 5) is 23.9. The molecule has 1 heterocycles. The normalized spacial score (nSPS) is 13.4. The fraction of sp³-hybridized carbons (Fsp3) is 0.125. The Kier molecular flexibility index (Phi) is 3.86. The molecular weight excluding hydrogens is 298 g/mol. The SMILES string of the molecule is CCOC(=O)c1ccc(N2C(=O)Nc3ccccc3N2O)cc1. The maximum atomic E-state index is 12.2. The number of hydrogen-bond acceptors (Lipinski definition) is 5. The van der Waals surface area contributed by atoms with Crippen LogP contribution >= 0.6 is 0 Å². The van der Waals surface area contributed by atoms with Crippen LogP contribution in [0.5, 0.6) is 0 Å². The first kappa shape index (κ1) is 14.9. The summed E-state index contributed by atoms with van der Waals surface area (Å²) in [5.41, 5.74) is 1.74. The Bertz CT molecular complexity index is 745. The predicted molar refractivity (Wildman–Crippen MR) is 84.6 cm³/mol. The monoisotopic (exact) mass is 313 g/mol. The van der Waals surface area contributed by atoms with Gasteiger partial charge in [0.05, 0.1) is 23.5 Å². The van der Waals surface area contributed by atoms with Gasteiger partial charge in [-0.25, -0.2) is 9.59 Å². The Labute approximate surface area is 132 Å². The highest BCUT2D eigenvalue weighted by Crippen LogP contribution is 2.32. The number of rotatable bonds is 3. The molecule has 23 heavy (non-hydrogen) atoms. The van der Waals surface area contributed by atoms with Crippen LogP contribution in [-0.4, -0.2) is 23.8 Å². The van der Waals surface area contributed by atoms with Gasteiger partial charge in [-0.15, -0.1) is 0 Å². The molecule has 7 nitrogen and oxygen atoms in total. The van der Waals surface area contributed by atoms with E-state index in [9.17, 15) is 14.8 Å². The number of benzene rings is 2. The number of ether oxygens (including phenoxy) is 1. The first-order valence-electron chi connectivity index (χ1n) is 7.08. The van der Waals surface area contributed by atoms with Crippen LogP contribution in [0.2, 0.25) is 0 Å². The number of nitrogens with one attached hydrogen (secondary N) is 1. The third-order valence-electron chi connectivity index (χ3n) is 3.37. The zero-order valence-corrected chi connectivity index (χ0v) is 12.4. The van der Waals surface area contributed by atoms with Crippen molar-refractivity contribution in [3.63, 3.8) is 0 Å². The smallest absolute Gasteiger partial charge is 0.347 e. The quantitative estimate of drug-likeness (QED) is 0.851. The van der Waals surface area contributed by atoms with Crippen LogP contribution < -0.4 is 15.5 Å². The number of carbonyl (C=O) groups is 2. The molecule has 0 fully saturated rings. The average molecular weight is 313 g/mol. The topological polar surface area (TPSA) is 82.1 Å². The molecule has 0 atom stereocenters. The van der Waals surface area contributed by atoms with E-state index in [4.69, 9.17) is 4.74 Å². The number of hydrazine groups is 1. The van der Waals surface area contributed by atoms with Crippen molar-refractivity contribution in [2.45, 2.75) is 6.92 Å². The van der Waals surface area contributed by atoms with E-state index in [1.54, 1.807) is 43.3 Å². The number of carbonyl (C=O) groups excluding carboxylic acids is 2. The van der Waals surface area contributed by atoms with Crippen LogP contribution in [0.3, 0.4) is 0 Å². The molecule has 0 spiro atoms. The summed E-state index contributed by atoms with van der Waals surface area (Å²) in [6.45, 7) is 2.02. The van der Waals surface area contributed by atoms with Gasteiger partial charge in [-0.2, -0.15) is 10.2 Å². The van der Waals surface area contributed by atoms with Crippen molar-refractivity contribution in [2.75, 3.05) is 22.1 Å². The molecule has 1 aliphatic heterocycles. The lowest BCUT2D eigenvalue weighted by Gasteiger charge is -2.36. The summed E-state index contributed by atoms with van der Waals surface area (Å²) in [5.74, 6) is -0.437. The van der Waals surface area contributed by atoms with E-state index < -0.39 is 12.0 Å². The zero-order valence-electron chi connectivity index (χ0n) is 12.4. The van der Waals surface area contributed by atoms with E-state index in [-0.39, 0.29) is 6.61 Å². The zero-order chi connectivity index (χ0) is 16.4. The van der Waals surface area contributed by atoms with E-state index in [0.717, 1.165) is 10.2 Å². The van der Waals surface area contributed by atoms with Gasteiger partial charge in [0.2, 0.25) is 0 Å². The van der Waals surface area contributed by atoms with E-state index in [2.05, 4.69) is 5.32 Å². The molecule has 2 aromatic rings. The second-order valence-corrected chi connectivity index (χ2v) is 4.82. The van der Waals surface area contributed by atoms with Gasteiger partial charge in [-0.3, -0.25) is 5.21 Å². The molecule has 118 valence electrons. The summed E-state index contributed by atoms with van der Waals surface area (Å²) in [7, 11) is 0. The Balaban J connectivity index is 1.90. The van der Waals surface area contributed by atoms with Crippen LogP contribution in [0.4, 0.5) is 21.9 Å². The van der Waals surface area contributed by atoms with Crippen LogP contribution in [0, 0.1) is 0 Å². The maximum Gasteiger partial charge on any atom is 0.347 e. The highest BCUT2D eigenvalue weighted by atomic mass is 16.6. The molecule has 2 amide bonds. The predicted octanol–water partition coefficient (Wildman–Crippen LogP) is 3.03. The van der Waals surface area contributed by atoms with E-state index >= 15 is 0 Å². The second-order valence-electron chi connectivity index (χ2n) is 4.82. The number of amides is 2. The van der Waals surface area contributed by atoms with Crippen molar-refractivity contribution in [1.82, 2.24) is 0 Å². The van der Waals surface area contributed by atoms with Crippen LogP contribution in [0.1, 0.15) is 17.3 Å². The standard InChI is InChI=1S/C16H15N3O4/c1-2-23-15(20)11-7-9-12(10-8-11)18-16(21)17-13-5-3-4-6-14(13)19(18)22/h3-10,22H,2H2,1H3,(H,17,21). The minimum atomic E-state index is -0.505. The van der Waals surface area contributed by atoms with Gasteiger partial charge in [-0.1, -0.05) is 12.1 Å². The third kappa shape index (κ3) is 2.69. The lowest BCUT2D eigenvalue weighted by atomic mass is 10.2. The van der Waals surface area contributed by atoms with Gasteiger partial charge in [0.1, 0.15) is 5.69 Å². The number of urea groups is 1. The first-order valence-corrected chi connectivity index (χ1v) is 7.08. The summed E-state index contributed by atoms with van der Waals surface area (Å²) < 4.78 is 4.91. The van der Waals surface area contributed by atoms with Gasteiger partial charge in [0.15, 0.2) is 0 Å². The molecule has 0 saturated carbocycles. The number of nitrogens with zero attached hydrogens (tertiary/aromatic N) is 2. The lowest BCUT2D eigenvalue weighted by molar-refractivity contribution is 0.0526. The Morgan fingerprint density at radius 2 is 1.87 bits per heavy atom. The van der Waals surface area contributed by atoms with Crippen molar-refractivity contribution >= 4 is 29.1 Å². The van der Waals surface area contributed by atoms with E-state index in [1.807, 2.05) is 0 Å². The number of anilines is 3. The molecule has 2 N–H and O–H groups in total. The van der Waals surface area contributed by atoms with Crippen molar-refractivity contribution in [3.8, 4) is 0 Å². The second kappa shape index (κ2) is 5.98. The minimum absolute atomic E-state index is 0.288. The highest BCUT2D eigenvalue weighted by molar-refractivity contribution is 6.08. The van der Waals surface area contributed by atoms with Crippen LogP contribution in [0.25, 0.3) is 0 Å². The van der Waals surface area contributed by atoms with Gasteiger partial charge in [0.25, 0.3) is 0 Å². The average Bonchev–Trinajstić information content (AvgIpc) is 2.56. The van der Waals surface area contributed by atoms with Crippen molar-refractivity contribution in [2.24, 2.45) is 0 Å². The molecule has 0 aliphatic carbocycles. The molecule has 0 bridgehead atoms. The molecule has 0 saturated heterocycles. The van der Waals surface area contributed by atoms with Gasteiger partial charge in [0, 0.05) is 0 Å². The molecule has 7 heteroatoms. The Morgan fingerprint density at radius 3 is 2.57 bits per heavy atom. The van der Waals surface area contributed by atoms with E-state index in [1.165, 1.54) is 12.1 Å². The van der Waals surface area contributed by atoms with Gasteiger partial charge >= 0.3 is 12.0 Å². The minimum Gasteiger partial charge on any atom is -0.462 e. The van der Waals surface area contributed by atoms with Crippen molar-refractivity contribution in [1.29, 1.82) is 0 Å². The fourth-order valence-electron chi connectivity index (χ4n) is 2.30. The molecule has 2 aromatic carbocycles.